The van der Waals surface area contributed by atoms with Crippen LogP contribution >= 0.6 is 0 Å². The summed E-state index contributed by atoms with van der Waals surface area (Å²) < 4.78 is 0. The van der Waals surface area contributed by atoms with Gasteiger partial charge in [0.2, 0.25) is 11.8 Å². The number of carbonyl (C=O) groups excluding carboxylic acids is 2. The van der Waals surface area contributed by atoms with E-state index in [0.717, 1.165) is 18.4 Å². The molecule has 1 aromatic rings. The molecule has 1 saturated heterocycles. The van der Waals surface area contributed by atoms with Crippen molar-refractivity contribution in [2.24, 2.45) is 5.92 Å². The summed E-state index contributed by atoms with van der Waals surface area (Å²) in [5.41, 5.74) is 1.08. The SMILES string of the molecule is CC(C)CC(=O)N1CCCC1C(=O)N[C@@H](C)c1ccccc1. The predicted octanol–water partition coefficient (Wildman–Crippen LogP) is 2.90. The summed E-state index contributed by atoms with van der Waals surface area (Å²) in [6, 6.07) is 9.54. The van der Waals surface area contributed by atoms with Crippen LogP contribution in [0.5, 0.6) is 0 Å². The minimum atomic E-state index is -0.308. The molecule has 22 heavy (non-hydrogen) atoms. The molecule has 0 spiro atoms. The molecule has 4 heteroatoms. The fourth-order valence-corrected chi connectivity index (χ4v) is 2.94. The third kappa shape index (κ3) is 4.09. The van der Waals surface area contributed by atoms with Gasteiger partial charge in [0.05, 0.1) is 6.04 Å². The van der Waals surface area contributed by atoms with E-state index in [9.17, 15) is 9.59 Å². The molecule has 0 aromatic heterocycles. The van der Waals surface area contributed by atoms with Crippen LogP contribution in [0.1, 0.15) is 51.6 Å². The summed E-state index contributed by atoms with van der Waals surface area (Å²) in [7, 11) is 0. The monoisotopic (exact) mass is 302 g/mol. The summed E-state index contributed by atoms with van der Waals surface area (Å²) in [4.78, 5) is 26.6. The molecule has 1 fully saturated rings. The van der Waals surface area contributed by atoms with Crippen molar-refractivity contribution in [2.75, 3.05) is 6.54 Å². The van der Waals surface area contributed by atoms with E-state index in [1.807, 2.05) is 51.1 Å². The second-order valence-electron chi connectivity index (χ2n) is 6.48. The number of carbonyl (C=O) groups is 2. The normalized spacial score (nSPS) is 19.3. The van der Waals surface area contributed by atoms with Crippen LogP contribution in [0, 0.1) is 5.92 Å². The third-order valence-electron chi connectivity index (χ3n) is 4.12. The lowest BCUT2D eigenvalue weighted by Gasteiger charge is -2.26. The zero-order valence-electron chi connectivity index (χ0n) is 13.7. The summed E-state index contributed by atoms with van der Waals surface area (Å²) in [5.74, 6) is 0.381. The Morgan fingerprint density at radius 1 is 1.23 bits per heavy atom. The van der Waals surface area contributed by atoms with Gasteiger partial charge in [-0.05, 0) is 31.2 Å². The number of hydrogen-bond donors (Lipinski definition) is 1. The fraction of sp³-hybridized carbons (Fsp3) is 0.556. The first-order chi connectivity index (χ1) is 10.5. The van der Waals surface area contributed by atoms with Crippen LogP contribution in [0.25, 0.3) is 0 Å². The summed E-state index contributed by atoms with van der Waals surface area (Å²) in [6.07, 6.45) is 2.18. The van der Waals surface area contributed by atoms with Crippen molar-refractivity contribution in [1.29, 1.82) is 0 Å². The molecular formula is C18H26N2O2. The van der Waals surface area contributed by atoms with E-state index in [4.69, 9.17) is 0 Å². The maximum Gasteiger partial charge on any atom is 0.243 e. The van der Waals surface area contributed by atoms with Gasteiger partial charge in [-0.15, -0.1) is 0 Å². The molecule has 0 bridgehead atoms. The smallest absolute Gasteiger partial charge is 0.243 e. The van der Waals surface area contributed by atoms with Gasteiger partial charge < -0.3 is 10.2 Å². The van der Waals surface area contributed by atoms with Crippen molar-refractivity contribution in [3.05, 3.63) is 35.9 Å². The highest BCUT2D eigenvalue weighted by Gasteiger charge is 2.34. The number of nitrogens with zero attached hydrogens (tertiary/aromatic N) is 1. The van der Waals surface area contributed by atoms with Crippen molar-refractivity contribution in [3.63, 3.8) is 0 Å². The molecule has 2 amide bonds. The minimum Gasteiger partial charge on any atom is -0.348 e. The first-order valence-corrected chi connectivity index (χ1v) is 8.14. The number of rotatable bonds is 5. The number of amides is 2. The van der Waals surface area contributed by atoms with Gasteiger partial charge in [-0.25, -0.2) is 0 Å². The Hall–Kier alpha value is -1.84. The number of benzene rings is 1. The van der Waals surface area contributed by atoms with Crippen molar-refractivity contribution in [2.45, 2.75) is 52.1 Å². The van der Waals surface area contributed by atoms with E-state index < -0.39 is 0 Å². The second-order valence-corrected chi connectivity index (χ2v) is 6.48. The standard InChI is InChI=1S/C18H26N2O2/c1-13(2)12-17(21)20-11-7-10-16(20)18(22)19-14(3)15-8-5-4-6-9-15/h4-6,8-9,13-14,16H,7,10-12H2,1-3H3,(H,19,22)/t14-,16?/m0/s1. The quantitative estimate of drug-likeness (QED) is 0.909. The maximum absolute atomic E-state index is 12.5. The Kier molecular flexibility index (Phi) is 5.58. The zero-order chi connectivity index (χ0) is 16.1. The van der Waals surface area contributed by atoms with E-state index in [0.29, 0.717) is 18.9 Å². The van der Waals surface area contributed by atoms with E-state index >= 15 is 0 Å². The first kappa shape index (κ1) is 16.5. The number of nitrogens with one attached hydrogen (secondary N) is 1. The van der Waals surface area contributed by atoms with Crippen LogP contribution in [0.4, 0.5) is 0 Å². The van der Waals surface area contributed by atoms with Crippen LogP contribution in [-0.2, 0) is 9.59 Å². The molecule has 4 nitrogen and oxygen atoms in total. The van der Waals surface area contributed by atoms with Gasteiger partial charge in [0, 0.05) is 13.0 Å². The molecule has 1 unspecified atom stereocenters. The first-order valence-electron chi connectivity index (χ1n) is 8.14. The largest absolute Gasteiger partial charge is 0.348 e. The molecule has 120 valence electrons. The van der Waals surface area contributed by atoms with Crippen LogP contribution in [0.2, 0.25) is 0 Å². The Balaban J connectivity index is 1.97. The molecule has 1 aliphatic heterocycles. The Labute approximate surface area is 132 Å². The van der Waals surface area contributed by atoms with Gasteiger partial charge in [0.25, 0.3) is 0 Å². The molecule has 0 radical (unpaired) electrons. The molecule has 2 rings (SSSR count). The molecule has 0 saturated carbocycles. The van der Waals surface area contributed by atoms with Gasteiger partial charge in [0.15, 0.2) is 0 Å². The second kappa shape index (κ2) is 7.43. The molecule has 1 aromatic carbocycles. The lowest BCUT2D eigenvalue weighted by Crippen LogP contribution is -2.46. The van der Waals surface area contributed by atoms with E-state index in [-0.39, 0.29) is 23.9 Å². The lowest BCUT2D eigenvalue weighted by atomic mass is 10.1. The maximum atomic E-state index is 12.5. The summed E-state index contributed by atoms with van der Waals surface area (Å²) in [6.45, 7) is 6.73. The molecule has 1 heterocycles. The van der Waals surface area contributed by atoms with Crippen molar-refractivity contribution in [1.82, 2.24) is 10.2 Å². The van der Waals surface area contributed by atoms with Crippen molar-refractivity contribution < 1.29 is 9.59 Å². The number of likely N-dealkylation sites (tertiary alicyclic amines) is 1. The lowest BCUT2D eigenvalue weighted by molar-refractivity contribution is -0.139. The highest BCUT2D eigenvalue weighted by molar-refractivity contribution is 5.88. The molecular weight excluding hydrogens is 276 g/mol. The van der Waals surface area contributed by atoms with Gasteiger partial charge in [-0.1, -0.05) is 44.2 Å². The molecule has 2 atom stereocenters. The molecule has 1 aliphatic rings. The van der Waals surface area contributed by atoms with Gasteiger partial charge in [-0.3, -0.25) is 9.59 Å². The van der Waals surface area contributed by atoms with E-state index in [1.54, 1.807) is 4.90 Å². The van der Waals surface area contributed by atoms with Crippen LogP contribution in [-0.4, -0.2) is 29.3 Å². The third-order valence-corrected chi connectivity index (χ3v) is 4.12. The zero-order valence-corrected chi connectivity index (χ0v) is 13.7. The summed E-state index contributed by atoms with van der Waals surface area (Å²) in [5, 5.41) is 3.04. The average Bonchev–Trinajstić information content (AvgIpc) is 2.97. The fourth-order valence-electron chi connectivity index (χ4n) is 2.94. The van der Waals surface area contributed by atoms with Crippen LogP contribution in [0.3, 0.4) is 0 Å². The minimum absolute atomic E-state index is 0.0361. The predicted molar refractivity (Wildman–Crippen MR) is 87.2 cm³/mol. The highest BCUT2D eigenvalue weighted by Crippen LogP contribution is 2.21. The Bertz CT molecular complexity index is 513. The van der Waals surface area contributed by atoms with E-state index in [2.05, 4.69) is 5.32 Å². The van der Waals surface area contributed by atoms with Crippen molar-refractivity contribution in [3.8, 4) is 0 Å². The highest BCUT2D eigenvalue weighted by atomic mass is 16.2. The van der Waals surface area contributed by atoms with Gasteiger partial charge in [-0.2, -0.15) is 0 Å². The average molecular weight is 302 g/mol. The van der Waals surface area contributed by atoms with Crippen LogP contribution in [0.15, 0.2) is 30.3 Å². The number of hydrogen-bond acceptors (Lipinski definition) is 2. The van der Waals surface area contributed by atoms with Crippen molar-refractivity contribution >= 4 is 11.8 Å². The van der Waals surface area contributed by atoms with Crippen LogP contribution < -0.4 is 5.32 Å². The van der Waals surface area contributed by atoms with Gasteiger partial charge in [0.1, 0.15) is 6.04 Å². The molecule has 1 N–H and O–H groups in total. The van der Waals surface area contributed by atoms with E-state index in [1.165, 1.54) is 0 Å². The molecule has 0 aliphatic carbocycles. The Morgan fingerprint density at radius 2 is 1.91 bits per heavy atom. The summed E-state index contributed by atoms with van der Waals surface area (Å²) >= 11 is 0. The van der Waals surface area contributed by atoms with Gasteiger partial charge >= 0.3 is 0 Å². The Morgan fingerprint density at radius 3 is 2.55 bits per heavy atom. The topological polar surface area (TPSA) is 49.4 Å².